The number of carbonyl (C=O) groups is 1. The Morgan fingerprint density at radius 3 is 2.81 bits per heavy atom. The van der Waals surface area contributed by atoms with E-state index >= 15 is 0 Å². The summed E-state index contributed by atoms with van der Waals surface area (Å²) in [5.74, 6) is -1.92. The molecule has 1 heterocycles. The molecule has 0 aliphatic carbocycles. The Hall–Kier alpha value is -1.43. The molecule has 0 fully saturated rings. The van der Waals surface area contributed by atoms with Gasteiger partial charge in [-0.05, 0) is 6.92 Å². The third-order valence-electron chi connectivity index (χ3n) is 1.73. The number of ether oxygens (including phenoxy) is 1. The molecule has 0 amide bonds. The Balaban J connectivity index is 3.23. The SMILES string of the molecule is CCOC(=O)c1ncc(Cl)c(C(F)F)c1O. The average molecular weight is 252 g/mol. The molecule has 0 radical (unpaired) electrons. The van der Waals surface area contributed by atoms with E-state index < -0.39 is 34.4 Å². The van der Waals surface area contributed by atoms with Crippen LogP contribution in [0.4, 0.5) is 8.78 Å². The van der Waals surface area contributed by atoms with Gasteiger partial charge in [-0.3, -0.25) is 0 Å². The van der Waals surface area contributed by atoms with Crippen LogP contribution in [0.2, 0.25) is 5.02 Å². The quantitative estimate of drug-likeness (QED) is 0.839. The van der Waals surface area contributed by atoms with Crippen molar-refractivity contribution in [1.82, 2.24) is 4.98 Å². The number of aromatic nitrogens is 1. The molecular weight excluding hydrogens is 244 g/mol. The number of rotatable bonds is 3. The van der Waals surface area contributed by atoms with Crippen molar-refractivity contribution in [3.05, 3.63) is 22.5 Å². The van der Waals surface area contributed by atoms with Crippen LogP contribution in [0.25, 0.3) is 0 Å². The van der Waals surface area contributed by atoms with Crippen molar-refractivity contribution in [3.63, 3.8) is 0 Å². The maximum Gasteiger partial charge on any atom is 0.360 e. The number of nitrogens with zero attached hydrogens (tertiary/aromatic N) is 1. The van der Waals surface area contributed by atoms with Crippen LogP contribution < -0.4 is 0 Å². The number of pyridine rings is 1. The Morgan fingerprint density at radius 2 is 2.31 bits per heavy atom. The molecule has 1 N–H and O–H groups in total. The van der Waals surface area contributed by atoms with Crippen LogP contribution >= 0.6 is 11.6 Å². The molecule has 0 aliphatic rings. The van der Waals surface area contributed by atoms with Crippen molar-refractivity contribution in [2.24, 2.45) is 0 Å². The fourth-order valence-electron chi connectivity index (χ4n) is 1.05. The maximum absolute atomic E-state index is 12.5. The van der Waals surface area contributed by atoms with Crippen LogP contribution in [-0.2, 0) is 4.74 Å². The van der Waals surface area contributed by atoms with Crippen LogP contribution in [0.5, 0.6) is 5.75 Å². The summed E-state index contributed by atoms with van der Waals surface area (Å²) in [5, 5.41) is 9.01. The highest BCUT2D eigenvalue weighted by Gasteiger charge is 2.24. The van der Waals surface area contributed by atoms with E-state index in [9.17, 15) is 18.7 Å². The minimum Gasteiger partial charge on any atom is -0.505 e. The van der Waals surface area contributed by atoms with Gasteiger partial charge in [0.1, 0.15) is 0 Å². The molecule has 0 spiro atoms. The van der Waals surface area contributed by atoms with E-state index in [0.717, 1.165) is 6.20 Å². The highest BCUT2D eigenvalue weighted by atomic mass is 35.5. The first kappa shape index (κ1) is 12.6. The summed E-state index contributed by atoms with van der Waals surface area (Å²) < 4.78 is 29.5. The van der Waals surface area contributed by atoms with Crippen LogP contribution in [0, 0.1) is 0 Å². The zero-order chi connectivity index (χ0) is 12.3. The number of carbonyl (C=O) groups excluding carboxylic acids is 1. The van der Waals surface area contributed by atoms with Gasteiger partial charge in [-0.25, -0.2) is 18.6 Å². The van der Waals surface area contributed by atoms with Gasteiger partial charge in [0.2, 0.25) is 0 Å². The fourth-order valence-corrected chi connectivity index (χ4v) is 1.27. The Morgan fingerprint density at radius 1 is 1.69 bits per heavy atom. The first-order valence-corrected chi connectivity index (χ1v) is 4.69. The third kappa shape index (κ3) is 2.38. The molecule has 16 heavy (non-hydrogen) atoms. The molecular formula is C9H8ClF2NO3. The summed E-state index contributed by atoms with van der Waals surface area (Å²) >= 11 is 5.42. The monoisotopic (exact) mass is 251 g/mol. The predicted octanol–water partition coefficient (Wildman–Crippen LogP) is 2.55. The largest absolute Gasteiger partial charge is 0.505 e. The number of halogens is 3. The summed E-state index contributed by atoms with van der Waals surface area (Å²) in [7, 11) is 0. The van der Waals surface area contributed by atoms with Gasteiger partial charge < -0.3 is 9.84 Å². The van der Waals surface area contributed by atoms with Gasteiger partial charge >= 0.3 is 5.97 Å². The van der Waals surface area contributed by atoms with Crippen LogP contribution in [-0.4, -0.2) is 22.7 Å². The summed E-state index contributed by atoms with van der Waals surface area (Å²) in [6.45, 7) is 1.59. The molecule has 1 aromatic heterocycles. The summed E-state index contributed by atoms with van der Waals surface area (Å²) in [5.41, 5.74) is -1.39. The van der Waals surface area contributed by atoms with Crippen molar-refractivity contribution in [3.8, 4) is 5.75 Å². The number of esters is 1. The predicted molar refractivity (Wildman–Crippen MR) is 51.8 cm³/mol. The topological polar surface area (TPSA) is 59.4 Å². The Bertz CT molecular complexity index is 412. The summed E-state index contributed by atoms with van der Waals surface area (Å²) in [4.78, 5) is 14.7. The van der Waals surface area contributed by atoms with Crippen molar-refractivity contribution in [2.75, 3.05) is 6.61 Å². The third-order valence-corrected chi connectivity index (χ3v) is 2.03. The minimum absolute atomic E-state index is 0.0482. The zero-order valence-corrected chi connectivity index (χ0v) is 8.96. The number of aromatic hydroxyl groups is 1. The average Bonchev–Trinajstić information content (AvgIpc) is 2.17. The van der Waals surface area contributed by atoms with E-state index in [0.29, 0.717) is 0 Å². The lowest BCUT2D eigenvalue weighted by Crippen LogP contribution is -2.08. The van der Waals surface area contributed by atoms with Gasteiger partial charge in [0.05, 0.1) is 17.2 Å². The summed E-state index contributed by atoms with van der Waals surface area (Å²) in [6, 6.07) is 0. The van der Waals surface area contributed by atoms with Gasteiger partial charge in [0.25, 0.3) is 6.43 Å². The van der Waals surface area contributed by atoms with E-state index in [1.807, 2.05) is 0 Å². The molecule has 0 aromatic carbocycles. The van der Waals surface area contributed by atoms with E-state index in [-0.39, 0.29) is 6.61 Å². The summed E-state index contributed by atoms with van der Waals surface area (Å²) in [6.07, 6.45) is -2.13. The van der Waals surface area contributed by atoms with E-state index in [2.05, 4.69) is 9.72 Å². The Labute approximate surface area is 94.8 Å². The van der Waals surface area contributed by atoms with Gasteiger partial charge in [-0.2, -0.15) is 0 Å². The lowest BCUT2D eigenvalue weighted by Gasteiger charge is -2.09. The van der Waals surface area contributed by atoms with E-state index in [1.54, 1.807) is 6.92 Å². The molecule has 0 saturated carbocycles. The van der Waals surface area contributed by atoms with Gasteiger partial charge in [0, 0.05) is 6.20 Å². The molecule has 4 nitrogen and oxygen atoms in total. The fraction of sp³-hybridized carbons (Fsp3) is 0.333. The zero-order valence-electron chi connectivity index (χ0n) is 8.21. The molecule has 0 bridgehead atoms. The van der Waals surface area contributed by atoms with Gasteiger partial charge in [-0.15, -0.1) is 0 Å². The van der Waals surface area contributed by atoms with Crippen LogP contribution in [0.1, 0.15) is 29.4 Å². The van der Waals surface area contributed by atoms with Crippen molar-refractivity contribution in [1.29, 1.82) is 0 Å². The second kappa shape index (κ2) is 5.07. The van der Waals surface area contributed by atoms with Crippen molar-refractivity contribution < 1.29 is 23.4 Å². The molecule has 0 aliphatic heterocycles. The molecule has 0 unspecified atom stereocenters. The minimum atomic E-state index is -3.00. The molecule has 1 rings (SSSR count). The van der Waals surface area contributed by atoms with Gasteiger partial charge in [0.15, 0.2) is 11.4 Å². The molecule has 1 aromatic rings. The van der Waals surface area contributed by atoms with Gasteiger partial charge in [-0.1, -0.05) is 11.6 Å². The Kier molecular flexibility index (Phi) is 4.00. The standard InChI is InChI=1S/C9H8ClF2NO3/c1-2-16-9(15)6-7(14)5(8(11)12)4(10)3-13-6/h3,8,14H,2H2,1H3. The lowest BCUT2D eigenvalue weighted by molar-refractivity contribution is 0.0514. The first-order chi connectivity index (χ1) is 7.49. The maximum atomic E-state index is 12.5. The second-order valence-corrected chi connectivity index (χ2v) is 3.15. The normalized spacial score (nSPS) is 10.6. The van der Waals surface area contributed by atoms with E-state index in [1.165, 1.54) is 0 Å². The van der Waals surface area contributed by atoms with Crippen molar-refractivity contribution in [2.45, 2.75) is 13.3 Å². The molecule has 88 valence electrons. The molecule has 7 heteroatoms. The molecule has 0 atom stereocenters. The molecule has 0 saturated heterocycles. The first-order valence-electron chi connectivity index (χ1n) is 4.31. The lowest BCUT2D eigenvalue weighted by atomic mass is 10.2. The van der Waals surface area contributed by atoms with Crippen LogP contribution in [0.3, 0.4) is 0 Å². The van der Waals surface area contributed by atoms with Crippen LogP contribution in [0.15, 0.2) is 6.20 Å². The highest BCUT2D eigenvalue weighted by molar-refractivity contribution is 6.31. The highest BCUT2D eigenvalue weighted by Crippen LogP contribution is 2.35. The van der Waals surface area contributed by atoms with E-state index in [4.69, 9.17) is 11.6 Å². The smallest absolute Gasteiger partial charge is 0.360 e. The number of alkyl halides is 2. The number of hydrogen-bond donors (Lipinski definition) is 1. The number of hydrogen-bond acceptors (Lipinski definition) is 4. The van der Waals surface area contributed by atoms with Crippen molar-refractivity contribution >= 4 is 17.6 Å². The second-order valence-electron chi connectivity index (χ2n) is 2.74.